The lowest BCUT2D eigenvalue weighted by atomic mass is 10.2. The lowest BCUT2D eigenvalue weighted by Crippen LogP contribution is -2.31. The summed E-state index contributed by atoms with van der Waals surface area (Å²) in [6.07, 6.45) is 3.48. The molecule has 18 heavy (non-hydrogen) atoms. The molecule has 5 heteroatoms. The number of hydrogen-bond acceptors (Lipinski definition) is 3. The molecule has 0 saturated heterocycles. The largest absolute Gasteiger partial charge is 0.478 e. The molecule has 2 rings (SSSR count). The number of carbonyl (C=O) groups excluding carboxylic acids is 1. The van der Waals surface area contributed by atoms with Crippen LogP contribution in [-0.4, -0.2) is 23.5 Å². The Labute approximate surface area is 110 Å². The van der Waals surface area contributed by atoms with Crippen LogP contribution in [-0.2, 0) is 16.0 Å². The molecule has 0 radical (unpaired) electrons. The van der Waals surface area contributed by atoms with Crippen molar-refractivity contribution in [2.24, 2.45) is 0 Å². The first-order valence-electron chi connectivity index (χ1n) is 5.85. The summed E-state index contributed by atoms with van der Waals surface area (Å²) in [7, 11) is 0. The molecule has 0 aliphatic carbocycles. The summed E-state index contributed by atoms with van der Waals surface area (Å²) in [5, 5.41) is 10.7. The van der Waals surface area contributed by atoms with E-state index in [1.165, 1.54) is 4.88 Å². The Morgan fingerprint density at radius 2 is 2.33 bits per heavy atom. The number of fused-ring (bicyclic) bond motifs is 1. The summed E-state index contributed by atoms with van der Waals surface area (Å²) in [5.41, 5.74) is 1.62. The number of carbonyl (C=O) groups is 2. The minimum absolute atomic E-state index is 0.0743. The van der Waals surface area contributed by atoms with Crippen LogP contribution in [0.2, 0.25) is 0 Å². The van der Waals surface area contributed by atoms with Gasteiger partial charge in [0.2, 0.25) is 5.91 Å². The highest BCUT2D eigenvalue weighted by Gasteiger charge is 2.23. The van der Waals surface area contributed by atoms with E-state index in [-0.39, 0.29) is 5.91 Å². The molecule has 1 aliphatic heterocycles. The first-order valence-corrected chi connectivity index (χ1v) is 6.72. The fourth-order valence-electron chi connectivity index (χ4n) is 2.11. The molecule has 0 unspecified atom stereocenters. The highest BCUT2D eigenvalue weighted by molar-refractivity contribution is 7.10. The number of hydrogen-bond donors (Lipinski definition) is 1. The number of anilines is 1. The first kappa shape index (κ1) is 12.8. The standard InChI is InChI=1S/C13H15NO3S/c1-9(7-13(16)17)8-14-10-5-6-18-11(10)3-2-4-12(14)15/h5-7H,2-4,8H2,1H3,(H,16,17). The Balaban J connectivity index is 2.25. The summed E-state index contributed by atoms with van der Waals surface area (Å²) in [6.45, 7) is 2.09. The number of thiophene rings is 1. The third kappa shape index (κ3) is 2.79. The Morgan fingerprint density at radius 1 is 1.56 bits per heavy atom. The van der Waals surface area contributed by atoms with Gasteiger partial charge in [0.15, 0.2) is 0 Å². The molecule has 2 heterocycles. The maximum atomic E-state index is 12.1. The highest BCUT2D eigenvalue weighted by Crippen LogP contribution is 2.31. The van der Waals surface area contributed by atoms with Gasteiger partial charge in [-0.25, -0.2) is 4.79 Å². The van der Waals surface area contributed by atoms with Gasteiger partial charge in [-0.15, -0.1) is 11.3 Å². The number of aryl methyl sites for hydroxylation is 1. The van der Waals surface area contributed by atoms with Gasteiger partial charge < -0.3 is 10.0 Å². The highest BCUT2D eigenvalue weighted by atomic mass is 32.1. The Bertz CT molecular complexity index is 504. The van der Waals surface area contributed by atoms with E-state index in [0.717, 1.165) is 24.6 Å². The number of nitrogens with zero attached hydrogens (tertiary/aromatic N) is 1. The van der Waals surface area contributed by atoms with Crippen molar-refractivity contribution in [2.45, 2.75) is 26.2 Å². The van der Waals surface area contributed by atoms with Crippen LogP contribution in [0, 0.1) is 0 Å². The normalized spacial score (nSPS) is 16.4. The molecule has 1 aliphatic rings. The summed E-state index contributed by atoms with van der Waals surface area (Å²) in [4.78, 5) is 25.6. The zero-order valence-corrected chi connectivity index (χ0v) is 11.0. The smallest absolute Gasteiger partial charge is 0.328 e. The van der Waals surface area contributed by atoms with Crippen LogP contribution in [0.15, 0.2) is 23.1 Å². The van der Waals surface area contributed by atoms with E-state index in [9.17, 15) is 9.59 Å². The lowest BCUT2D eigenvalue weighted by Gasteiger charge is -2.21. The second-order valence-electron chi connectivity index (χ2n) is 4.39. The number of aliphatic carboxylic acids is 1. The lowest BCUT2D eigenvalue weighted by molar-refractivity contribution is -0.131. The van der Waals surface area contributed by atoms with Gasteiger partial charge in [0.05, 0.1) is 5.69 Å². The molecule has 0 aromatic carbocycles. The second kappa shape index (κ2) is 5.35. The number of amides is 1. The maximum Gasteiger partial charge on any atom is 0.328 e. The van der Waals surface area contributed by atoms with Crippen LogP contribution in [0.4, 0.5) is 5.69 Å². The Hall–Kier alpha value is -1.62. The van der Waals surface area contributed by atoms with Crippen molar-refractivity contribution in [2.75, 3.05) is 11.4 Å². The van der Waals surface area contributed by atoms with Gasteiger partial charge >= 0.3 is 5.97 Å². The third-order valence-electron chi connectivity index (χ3n) is 2.89. The van der Waals surface area contributed by atoms with Crippen molar-refractivity contribution in [3.8, 4) is 0 Å². The second-order valence-corrected chi connectivity index (χ2v) is 5.39. The number of carboxylic acid groups (broad SMARTS) is 1. The average molecular weight is 265 g/mol. The molecule has 1 aromatic rings. The van der Waals surface area contributed by atoms with Crippen molar-refractivity contribution in [1.29, 1.82) is 0 Å². The van der Waals surface area contributed by atoms with Crippen LogP contribution >= 0.6 is 11.3 Å². The minimum Gasteiger partial charge on any atom is -0.478 e. The molecule has 4 nitrogen and oxygen atoms in total. The molecule has 0 saturated carbocycles. The van der Waals surface area contributed by atoms with Gasteiger partial charge in [-0.2, -0.15) is 0 Å². The molecule has 1 N–H and O–H groups in total. The molecular formula is C13H15NO3S. The van der Waals surface area contributed by atoms with Crippen molar-refractivity contribution in [3.63, 3.8) is 0 Å². The average Bonchev–Trinajstić information content (AvgIpc) is 2.67. The van der Waals surface area contributed by atoms with E-state index in [2.05, 4.69) is 0 Å². The van der Waals surface area contributed by atoms with E-state index in [4.69, 9.17) is 5.11 Å². The molecule has 1 amide bonds. The van der Waals surface area contributed by atoms with Gasteiger partial charge in [0.25, 0.3) is 0 Å². The topological polar surface area (TPSA) is 57.6 Å². The number of rotatable bonds is 3. The fraction of sp³-hybridized carbons (Fsp3) is 0.385. The SMILES string of the molecule is CC(=CC(=O)O)CN1C(=O)CCCc2sccc21. The molecule has 0 spiro atoms. The Kier molecular flexibility index (Phi) is 3.81. The summed E-state index contributed by atoms with van der Waals surface area (Å²) < 4.78 is 0. The summed E-state index contributed by atoms with van der Waals surface area (Å²) in [6, 6.07) is 1.94. The van der Waals surface area contributed by atoms with Crippen LogP contribution in [0.3, 0.4) is 0 Å². The van der Waals surface area contributed by atoms with Gasteiger partial charge in [-0.3, -0.25) is 4.79 Å². The predicted octanol–water partition coefficient (Wildman–Crippen LogP) is 2.45. The summed E-state index contributed by atoms with van der Waals surface area (Å²) >= 11 is 1.66. The van der Waals surface area contributed by atoms with Crippen LogP contribution in [0.1, 0.15) is 24.6 Å². The molecule has 1 aromatic heterocycles. The zero-order valence-electron chi connectivity index (χ0n) is 10.2. The predicted molar refractivity (Wildman–Crippen MR) is 71.0 cm³/mol. The number of carboxylic acids is 1. The van der Waals surface area contributed by atoms with E-state index < -0.39 is 5.97 Å². The van der Waals surface area contributed by atoms with Gasteiger partial charge in [-0.1, -0.05) is 0 Å². The van der Waals surface area contributed by atoms with Crippen molar-refractivity contribution >= 4 is 28.9 Å². The maximum absolute atomic E-state index is 12.1. The monoisotopic (exact) mass is 265 g/mol. The van der Waals surface area contributed by atoms with E-state index >= 15 is 0 Å². The third-order valence-corrected chi connectivity index (χ3v) is 3.86. The minimum atomic E-state index is -0.972. The van der Waals surface area contributed by atoms with Crippen LogP contribution < -0.4 is 4.90 Å². The van der Waals surface area contributed by atoms with Crippen LogP contribution in [0.5, 0.6) is 0 Å². The van der Waals surface area contributed by atoms with E-state index in [0.29, 0.717) is 18.5 Å². The molecular weight excluding hydrogens is 250 g/mol. The fourth-order valence-corrected chi connectivity index (χ4v) is 3.03. The molecule has 0 bridgehead atoms. The molecule has 96 valence electrons. The quantitative estimate of drug-likeness (QED) is 0.854. The zero-order chi connectivity index (χ0) is 13.1. The van der Waals surface area contributed by atoms with Crippen molar-refractivity contribution in [1.82, 2.24) is 0 Å². The van der Waals surface area contributed by atoms with Crippen molar-refractivity contribution in [3.05, 3.63) is 28.0 Å². The van der Waals surface area contributed by atoms with Crippen LogP contribution in [0.25, 0.3) is 0 Å². The van der Waals surface area contributed by atoms with Crippen molar-refractivity contribution < 1.29 is 14.7 Å². The molecule has 0 atom stereocenters. The van der Waals surface area contributed by atoms with E-state index in [1.807, 2.05) is 11.4 Å². The van der Waals surface area contributed by atoms with Gasteiger partial charge in [-0.05, 0) is 36.8 Å². The Morgan fingerprint density at radius 3 is 3.06 bits per heavy atom. The molecule has 0 fully saturated rings. The van der Waals surface area contributed by atoms with Gasteiger partial charge in [0, 0.05) is 23.9 Å². The van der Waals surface area contributed by atoms with Gasteiger partial charge in [0.1, 0.15) is 0 Å². The van der Waals surface area contributed by atoms with E-state index in [1.54, 1.807) is 23.2 Å². The first-order chi connectivity index (χ1) is 8.58. The summed E-state index contributed by atoms with van der Waals surface area (Å²) in [5.74, 6) is -0.898.